The number of hydrogen-bond donors (Lipinski definition) is 2. The summed E-state index contributed by atoms with van der Waals surface area (Å²) in [6.45, 7) is 0.287. The summed E-state index contributed by atoms with van der Waals surface area (Å²) in [6.07, 6.45) is 0.837. The summed E-state index contributed by atoms with van der Waals surface area (Å²) in [4.78, 5) is 12.2. The normalized spacial score (nSPS) is 20.2. The van der Waals surface area contributed by atoms with Gasteiger partial charge in [0.2, 0.25) is 5.91 Å². The molecule has 0 aliphatic heterocycles. The van der Waals surface area contributed by atoms with Crippen molar-refractivity contribution in [1.29, 1.82) is 0 Å². The number of rotatable bonds is 7. The summed E-state index contributed by atoms with van der Waals surface area (Å²) in [5.41, 5.74) is 2.21. The van der Waals surface area contributed by atoms with Gasteiger partial charge in [0.15, 0.2) is 0 Å². The third-order valence-electron chi connectivity index (χ3n) is 4.48. The molecular weight excluding hydrogens is 302 g/mol. The lowest BCUT2D eigenvalue weighted by atomic mass is 10.1. The van der Waals surface area contributed by atoms with Crippen molar-refractivity contribution in [3.63, 3.8) is 0 Å². The molecule has 3 atom stereocenters. The van der Waals surface area contributed by atoms with Gasteiger partial charge < -0.3 is 15.2 Å². The summed E-state index contributed by atoms with van der Waals surface area (Å²) in [5.74, 6) is 1.10. The van der Waals surface area contributed by atoms with E-state index >= 15 is 0 Å². The van der Waals surface area contributed by atoms with Gasteiger partial charge in [-0.05, 0) is 35.6 Å². The van der Waals surface area contributed by atoms with Crippen molar-refractivity contribution >= 4 is 5.91 Å². The lowest BCUT2D eigenvalue weighted by molar-refractivity contribution is -0.122. The molecule has 1 fully saturated rings. The van der Waals surface area contributed by atoms with Crippen LogP contribution in [0.25, 0.3) is 0 Å². The van der Waals surface area contributed by atoms with Crippen LogP contribution in [0.4, 0.5) is 0 Å². The summed E-state index contributed by atoms with van der Waals surface area (Å²) in [5, 5.41) is 12.9. The first-order valence-electron chi connectivity index (χ1n) is 8.31. The van der Waals surface area contributed by atoms with Gasteiger partial charge in [-0.1, -0.05) is 42.5 Å². The summed E-state index contributed by atoms with van der Waals surface area (Å²) < 4.78 is 5.23. The van der Waals surface area contributed by atoms with Crippen LogP contribution in [0.1, 0.15) is 23.5 Å². The van der Waals surface area contributed by atoms with Crippen LogP contribution in [0.5, 0.6) is 5.75 Å². The zero-order valence-electron chi connectivity index (χ0n) is 13.8. The van der Waals surface area contributed by atoms with Crippen LogP contribution in [-0.2, 0) is 11.2 Å². The minimum absolute atomic E-state index is 0.000955. The molecule has 2 aromatic rings. The SMILES string of the molecule is COc1cccc(C2CC2C(=O)NCC(O)Cc2ccccc2)c1. The van der Waals surface area contributed by atoms with Crippen molar-refractivity contribution < 1.29 is 14.6 Å². The van der Waals surface area contributed by atoms with Crippen LogP contribution in [-0.4, -0.2) is 30.8 Å². The van der Waals surface area contributed by atoms with Crippen LogP contribution in [0.15, 0.2) is 54.6 Å². The Bertz CT molecular complexity index is 686. The van der Waals surface area contributed by atoms with Gasteiger partial charge in [0, 0.05) is 18.9 Å². The first kappa shape index (κ1) is 16.5. The van der Waals surface area contributed by atoms with Gasteiger partial charge in [-0.2, -0.15) is 0 Å². The predicted molar refractivity (Wildman–Crippen MR) is 93.0 cm³/mol. The number of carbonyl (C=O) groups is 1. The van der Waals surface area contributed by atoms with Crippen molar-refractivity contribution in [2.45, 2.75) is 24.9 Å². The molecule has 0 radical (unpaired) electrons. The number of methoxy groups -OCH3 is 1. The van der Waals surface area contributed by atoms with E-state index in [-0.39, 0.29) is 24.3 Å². The van der Waals surface area contributed by atoms with Crippen molar-refractivity contribution in [2.24, 2.45) is 5.92 Å². The van der Waals surface area contributed by atoms with Gasteiger partial charge in [0.25, 0.3) is 0 Å². The van der Waals surface area contributed by atoms with E-state index < -0.39 is 6.10 Å². The minimum atomic E-state index is -0.564. The molecule has 2 aromatic carbocycles. The number of carbonyl (C=O) groups excluding carboxylic acids is 1. The molecule has 4 heteroatoms. The molecule has 3 unspecified atom stereocenters. The molecule has 3 rings (SSSR count). The molecule has 24 heavy (non-hydrogen) atoms. The molecule has 1 amide bonds. The van der Waals surface area contributed by atoms with Crippen LogP contribution in [0.2, 0.25) is 0 Å². The Hall–Kier alpha value is -2.33. The second kappa shape index (κ2) is 7.49. The average molecular weight is 325 g/mol. The highest BCUT2D eigenvalue weighted by Gasteiger charge is 2.43. The fourth-order valence-electron chi connectivity index (χ4n) is 3.03. The molecule has 0 bridgehead atoms. The molecule has 1 aliphatic carbocycles. The van der Waals surface area contributed by atoms with Crippen LogP contribution >= 0.6 is 0 Å². The highest BCUT2D eigenvalue weighted by atomic mass is 16.5. The Labute approximate surface area is 142 Å². The Balaban J connectivity index is 1.46. The van der Waals surface area contributed by atoms with Crippen LogP contribution in [0, 0.1) is 5.92 Å². The van der Waals surface area contributed by atoms with Crippen molar-refractivity contribution in [3.05, 3.63) is 65.7 Å². The lowest BCUT2D eigenvalue weighted by Crippen LogP contribution is -2.34. The fraction of sp³-hybridized carbons (Fsp3) is 0.350. The maximum Gasteiger partial charge on any atom is 0.223 e. The van der Waals surface area contributed by atoms with Crippen molar-refractivity contribution in [2.75, 3.05) is 13.7 Å². The van der Waals surface area contributed by atoms with E-state index in [2.05, 4.69) is 5.32 Å². The summed E-state index contributed by atoms with van der Waals surface area (Å²) in [6, 6.07) is 17.7. The van der Waals surface area contributed by atoms with Crippen LogP contribution < -0.4 is 10.1 Å². The van der Waals surface area contributed by atoms with E-state index in [0.29, 0.717) is 6.42 Å². The molecule has 0 saturated heterocycles. The Kier molecular flexibility index (Phi) is 5.16. The standard InChI is InChI=1S/C20H23NO3/c1-24-17-9-5-8-15(11-17)18-12-19(18)20(23)21-13-16(22)10-14-6-3-2-4-7-14/h2-9,11,16,18-19,22H,10,12-13H2,1H3,(H,21,23). The monoisotopic (exact) mass is 325 g/mol. The molecule has 1 saturated carbocycles. The fourth-order valence-corrected chi connectivity index (χ4v) is 3.03. The van der Waals surface area contributed by atoms with Gasteiger partial charge in [0.05, 0.1) is 13.2 Å². The number of aliphatic hydroxyl groups excluding tert-OH is 1. The molecular formula is C20H23NO3. The average Bonchev–Trinajstić information content (AvgIpc) is 3.41. The largest absolute Gasteiger partial charge is 0.497 e. The minimum Gasteiger partial charge on any atom is -0.497 e. The molecule has 2 N–H and O–H groups in total. The number of ether oxygens (including phenoxy) is 1. The number of nitrogens with one attached hydrogen (secondary N) is 1. The predicted octanol–water partition coefficient (Wildman–Crippen LogP) is 2.52. The van der Waals surface area contributed by atoms with Gasteiger partial charge in [0.1, 0.15) is 5.75 Å². The molecule has 1 aliphatic rings. The third-order valence-corrected chi connectivity index (χ3v) is 4.48. The smallest absolute Gasteiger partial charge is 0.223 e. The van der Waals surface area contributed by atoms with Gasteiger partial charge >= 0.3 is 0 Å². The number of hydrogen-bond acceptors (Lipinski definition) is 3. The molecule has 4 nitrogen and oxygen atoms in total. The second-order valence-corrected chi connectivity index (χ2v) is 6.31. The zero-order chi connectivity index (χ0) is 16.9. The molecule has 126 valence electrons. The molecule has 0 aromatic heterocycles. The van der Waals surface area contributed by atoms with Gasteiger partial charge in [-0.3, -0.25) is 4.79 Å². The first-order chi connectivity index (χ1) is 11.7. The van der Waals surface area contributed by atoms with Crippen LogP contribution in [0.3, 0.4) is 0 Å². The van der Waals surface area contributed by atoms with E-state index in [1.165, 1.54) is 0 Å². The first-order valence-corrected chi connectivity index (χ1v) is 8.31. The maximum absolute atomic E-state index is 12.2. The van der Waals surface area contributed by atoms with Gasteiger partial charge in [-0.25, -0.2) is 0 Å². The summed E-state index contributed by atoms with van der Waals surface area (Å²) >= 11 is 0. The third kappa shape index (κ3) is 4.15. The number of aliphatic hydroxyl groups is 1. The van der Waals surface area contributed by atoms with E-state index in [1.54, 1.807) is 7.11 Å². The second-order valence-electron chi connectivity index (χ2n) is 6.31. The van der Waals surface area contributed by atoms with Crippen molar-refractivity contribution in [1.82, 2.24) is 5.32 Å². The Morgan fingerprint density at radius 1 is 1.25 bits per heavy atom. The molecule has 0 spiro atoms. The highest BCUT2D eigenvalue weighted by Crippen LogP contribution is 2.48. The topological polar surface area (TPSA) is 58.6 Å². The van der Waals surface area contributed by atoms with E-state index in [0.717, 1.165) is 23.3 Å². The Morgan fingerprint density at radius 2 is 2.04 bits per heavy atom. The van der Waals surface area contributed by atoms with Gasteiger partial charge in [-0.15, -0.1) is 0 Å². The molecule has 0 heterocycles. The summed E-state index contributed by atoms with van der Waals surface area (Å²) in [7, 11) is 1.64. The quantitative estimate of drug-likeness (QED) is 0.822. The van der Waals surface area contributed by atoms with E-state index in [1.807, 2.05) is 54.6 Å². The Morgan fingerprint density at radius 3 is 2.79 bits per heavy atom. The maximum atomic E-state index is 12.2. The van der Waals surface area contributed by atoms with Crippen molar-refractivity contribution in [3.8, 4) is 5.75 Å². The zero-order valence-corrected chi connectivity index (χ0v) is 13.8. The van der Waals surface area contributed by atoms with E-state index in [4.69, 9.17) is 4.74 Å². The number of benzene rings is 2. The highest BCUT2D eigenvalue weighted by molar-refractivity contribution is 5.82. The lowest BCUT2D eigenvalue weighted by Gasteiger charge is -2.12. The number of amides is 1. The van der Waals surface area contributed by atoms with E-state index in [9.17, 15) is 9.90 Å².